The van der Waals surface area contributed by atoms with Gasteiger partial charge in [0.15, 0.2) is 23.2 Å². The molecule has 8 heteroatoms. The molecule has 0 aliphatic carbocycles. The minimum atomic E-state index is -0.622. The van der Waals surface area contributed by atoms with Gasteiger partial charge in [-0.2, -0.15) is 4.98 Å². The van der Waals surface area contributed by atoms with Gasteiger partial charge in [-0.25, -0.2) is 19.4 Å². The first-order valence-corrected chi connectivity index (χ1v) is 5.71. The monoisotopic (exact) mass is 279 g/mol. The maximum atomic E-state index is 13.5. The normalized spacial score (nSPS) is 12.7. The summed E-state index contributed by atoms with van der Waals surface area (Å²) in [5.41, 5.74) is 0. The molecule has 0 aromatic carbocycles. The summed E-state index contributed by atoms with van der Waals surface area (Å²) in [6, 6.07) is 3.33. The van der Waals surface area contributed by atoms with Crippen molar-refractivity contribution in [1.29, 1.82) is 0 Å². The van der Waals surface area contributed by atoms with Crippen LogP contribution < -0.4 is 10.1 Å². The van der Waals surface area contributed by atoms with Crippen LogP contribution in [0.2, 0.25) is 5.28 Å². The SMILES string of the molecule is Fc1cnc(Cl)nc1Nc1ccc2c(n1)N=CCO2. The van der Waals surface area contributed by atoms with Crippen LogP contribution in [0.3, 0.4) is 0 Å². The molecule has 1 aliphatic rings. The summed E-state index contributed by atoms with van der Waals surface area (Å²) >= 11 is 5.61. The number of fused-ring (bicyclic) bond motifs is 1. The number of aliphatic imine (C=N–C) groups is 1. The van der Waals surface area contributed by atoms with Crippen molar-refractivity contribution < 1.29 is 9.13 Å². The Kier molecular flexibility index (Phi) is 2.96. The third-order valence-electron chi connectivity index (χ3n) is 2.33. The highest BCUT2D eigenvalue weighted by atomic mass is 35.5. The summed E-state index contributed by atoms with van der Waals surface area (Å²) in [6.45, 7) is 0.414. The van der Waals surface area contributed by atoms with Gasteiger partial charge in [-0.15, -0.1) is 0 Å². The van der Waals surface area contributed by atoms with Crippen LogP contribution in [-0.4, -0.2) is 27.8 Å². The Bertz CT molecular complexity index is 664. The zero-order valence-corrected chi connectivity index (χ0v) is 10.2. The highest BCUT2D eigenvalue weighted by Gasteiger charge is 2.11. The summed E-state index contributed by atoms with van der Waals surface area (Å²) in [4.78, 5) is 15.5. The van der Waals surface area contributed by atoms with E-state index in [-0.39, 0.29) is 11.1 Å². The van der Waals surface area contributed by atoms with Crippen LogP contribution >= 0.6 is 11.6 Å². The van der Waals surface area contributed by atoms with Crippen molar-refractivity contribution in [2.45, 2.75) is 0 Å². The van der Waals surface area contributed by atoms with Gasteiger partial charge in [-0.05, 0) is 23.7 Å². The second-order valence-electron chi connectivity index (χ2n) is 3.60. The van der Waals surface area contributed by atoms with Gasteiger partial charge in [0.1, 0.15) is 12.4 Å². The predicted molar refractivity (Wildman–Crippen MR) is 68.2 cm³/mol. The molecule has 0 unspecified atom stereocenters. The zero-order chi connectivity index (χ0) is 13.2. The van der Waals surface area contributed by atoms with Crippen LogP contribution in [0.4, 0.5) is 21.8 Å². The number of anilines is 2. The quantitative estimate of drug-likeness (QED) is 0.855. The Morgan fingerprint density at radius 2 is 2.21 bits per heavy atom. The molecule has 0 spiro atoms. The standard InChI is InChI=1S/C11H7ClFN5O/c12-11-15-5-6(13)9(18-11)16-8-2-1-7-10(17-8)14-3-4-19-7/h1-3,5H,4H2,(H,15,16,17,18). The average molecular weight is 280 g/mol. The summed E-state index contributed by atoms with van der Waals surface area (Å²) < 4.78 is 18.8. The summed E-state index contributed by atoms with van der Waals surface area (Å²) in [7, 11) is 0. The topological polar surface area (TPSA) is 72.3 Å². The molecule has 1 aliphatic heterocycles. The predicted octanol–water partition coefficient (Wildman–Crippen LogP) is 2.50. The molecule has 6 nitrogen and oxygen atoms in total. The van der Waals surface area contributed by atoms with Crippen LogP contribution in [0.5, 0.6) is 5.75 Å². The Labute approximate surface area is 112 Å². The minimum absolute atomic E-state index is 0.0480. The van der Waals surface area contributed by atoms with Crippen molar-refractivity contribution >= 4 is 35.3 Å². The van der Waals surface area contributed by atoms with Crippen LogP contribution in [0.1, 0.15) is 0 Å². The van der Waals surface area contributed by atoms with Gasteiger partial charge in [0.25, 0.3) is 0 Å². The number of aromatic nitrogens is 3. The number of rotatable bonds is 2. The van der Waals surface area contributed by atoms with Crippen molar-refractivity contribution in [2.24, 2.45) is 4.99 Å². The van der Waals surface area contributed by atoms with E-state index in [1.54, 1.807) is 18.3 Å². The molecule has 2 aromatic heterocycles. The van der Waals surface area contributed by atoms with Gasteiger partial charge in [-0.1, -0.05) is 0 Å². The lowest BCUT2D eigenvalue weighted by atomic mass is 10.4. The zero-order valence-electron chi connectivity index (χ0n) is 9.47. The maximum Gasteiger partial charge on any atom is 0.224 e. The van der Waals surface area contributed by atoms with E-state index >= 15 is 0 Å². The maximum absolute atomic E-state index is 13.5. The Balaban J connectivity index is 1.92. The van der Waals surface area contributed by atoms with Crippen LogP contribution in [-0.2, 0) is 0 Å². The molecule has 0 saturated heterocycles. The molecule has 0 bridgehead atoms. The van der Waals surface area contributed by atoms with E-state index in [4.69, 9.17) is 16.3 Å². The fourth-order valence-electron chi connectivity index (χ4n) is 1.52. The highest BCUT2D eigenvalue weighted by molar-refractivity contribution is 6.28. The average Bonchev–Trinajstić information content (AvgIpc) is 2.43. The Hall–Kier alpha value is -2.28. The van der Waals surface area contributed by atoms with Gasteiger partial charge in [0.05, 0.1) is 6.20 Å². The lowest BCUT2D eigenvalue weighted by molar-refractivity contribution is 0.375. The Morgan fingerprint density at radius 1 is 1.32 bits per heavy atom. The largest absolute Gasteiger partial charge is 0.484 e. The van der Waals surface area contributed by atoms with Gasteiger partial charge in [0.2, 0.25) is 5.28 Å². The molecule has 0 radical (unpaired) electrons. The molecule has 0 saturated carbocycles. The van der Waals surface area contributed by atoms with E-state index in [1.807, 2.05) is 0 Å². The Morgan fingerprint density at radius 3 is 3.11 bits per heavy atom. The van der Waals surface area contributed by atoms with Crippen molar-refractivity contribution in [3.05, 3.63) is 29.4 Å². The number of hydrogen-bond donors (Lipinski definition) is 1. The van der Waals surface area contributed by atoms with Gasteiger partial charge >= 0.3 is 0 Å². The smallest absolute Gasteiger partial charge is 0.224 e. The molecule has 3 heterocycles. The van der Waals surface area contributed by atoms with Crippen molar-refractivity contribution in [1.82, 2.24) is 15.0 Å². The molecule has 0 atom stereocenters. The second kappa shape index (κ2) is 4.77. The minimum Gasteiger partial charge on any atom is -0.484 e. The van der Waals surface area contributed by atoms with Crippen molar-refractivity contribution in [2.75, 3.05) is 11.9 Å². The van der Waals surface area contributed by atoms with Crippen molar-refractivity contribution in [3.63, 3.8) is 0 Å². The first-order valence-electron chi connectivity index (χ1n) is 5.34. The van der Waals surface area contributed by atoms with Crippen LogP contribution in [0, 0.1) is 5.82 Å². The van der Waals surface area contributed by atoms with Crippen LogP contribution in [0.15, 0.2) is 23.3 Å². The van der Waals surface area contributed by atoms with E-state index in [9.17, 15) is 4.39 Å². The lowest BCUT2D eigenvalue weighted by Gasteiger charge is -2.12. The van der Waals surface area contributed by atoms with Gasteiger partial charge in [-0.3, -0.25) is 0 Å². The molecular formula is C11H7ClFN5O. The van der Waals surface area contributed by atoms with E-state index in [2.05, 4.69) is 25.3 Å². The fourth-order valence-corrected chi connectivity index (χ4v) is 1.65. The molecule has 3 rings (SSSR count). The number of nitrogens with zero attached hydrogens (tertiary/aromatic N) is 4. The molecule has 19 heavy (non-hydrogen) atoms. The van der Waals surface area contributed by atoms with E-state index in [0.717, 1.165) is 6.20 Å². The van der Waals surface area contributed by atoms with Crippen molar-refractivity contribution in [3.8, 4) is 5.75 Å². The number of nitrogens with one attached hydrogen (secondary N) is 1. The molecule has 1 N–H and O–H groups in total. The number of ether oxygens (including phenoxy) is 1. The molecule has 0 fully saturated rings. The summed E-state index contributed by atoms with van der Waals surface area (Å²) in [6.07, 6.45) is 2.58. The first-order chi connectivity index (χ1) is 9.22. The molecule has 96 valence electrons. The first kappa shape index (κ1) is 11.8. The van der Waals surface area contributed by atoms with Crippen LogP contribution in [0.25, 0.3) is 0 Å². The highest BCUT2D eigenvalue weighted by Crippen LogP contribution is 2.29. The third kappa shape index (κ3) is 2.45. The fraction of sp³-hybridized carbons (Fsp3) is 0.0909. The van der Waals surface area contributed by atoms with Gasteiger partial charge < -0.3 is 10.1 Å². The summed E-state index contributed by atoms with van der Waals surface area (Å²) in [5, 5.41) is 2.66. The molecule has 2 aromatic rings. The van der Waals surface area contributed by atoms with E-state index < -0.39 is 5.82 Å². The number of hydrogen-bond acceptors (Lipinski definition) is 6. The number of halogens is 2. The van der Waals surface area contributed by atoms with E-state index in [1.165, 1.54) is 0 Å². The summed E-state index contributed by atoms with van der Waals surface area (Å²) in [5.74, 6) is 0.720. The second-order valence-corrected chi connectivity index (χ2v) is 3.94. The lowest BCUT2D eigenvalue weighted by Crippen LogP contribution is -2.05. The molecule has 0 amide bonds. The van der Waals surface area contributed by atoms with Gasteiger partial charge in [0, 0.05) is 6.21 Å². The number of pyridine rings is 1. The molecular weight excluding hydrogens is 273 g/mol. The third-order valence-corrected chi connectivity index (χ3v) is 2.51. The van der Waals surface area contributed by atoms with E-state index in [0.29, 0.717) is 24.0 Å².